The van der Waals surface area contributed by atoms with Crippen LogP contribution < -0.4 is 14.8 Å². The molecule has 0 fully saturated rings. The smallest absolute Gasteiger partial charge is 0.261 e. The predicted molar refractivity (Wildman–Crippen MR) is 99.1 cm³/mol. The highest BCUT2D eigenvalue weighted by Gasteiger charge is 2.06. The number of carbonyl (C=O) groups excluding carboxylic acids is 1. The van der Waals surface area contributed by atoms with Gasteiger partial charge in [-0.05, 0) is 23.8 Å². The van der Waals surface area contributed by atoms with E-state index in [0.29, 0.717) is 18.0 Å². The Labute approximate surface area is 154 Å². The fraction of sp³-hybridized carbons (Fsp3) is 0.222. The van der Waals surface area contributed by atoms with E-state index in [1.165, 1.54) is 0 Å². The molecule has 0 saturated carbocycles. The van der Waals surface area contributed by atoms with Crippen LogP contribution in [0, 0.1) is 0 Å². The number of methoxy groups -OCH3 is 2. The van der Waals surface area contributed by atoms with Crippen molar-refractivity contribution < 1.29 is 19.1 Å². The zero-order chi connectivity index (χ0) is 18.1. The van der Waals surface area contributed by atoms with Gasteiger partial charge in [0.25, 0.3) is 5.91 Å². The first-order valence-electron chi connectivity index (χ1n) is 7.51. The number of oxime groups is 1. The molecule has 0 bridgehead atoms. The van der Waals surface area contributed by atoms with Gasteiger partial charge in [0.05, 0.1) is 20.4 Å². The maximum Gasteiger partial charge on any atom is 0.261 e. The lowest BCUT2D eigenvalue weighted by atomic mass is 10.2. The lowest BCUT2D eigenvalue weighted by Gasteiger charge is -2.10. The molecule has 132 valence electrons. The third-order valence-corrected chi connectivity index (χ3v) is 4.03. The maximum atomic E-state index is 11.8. The van der Waals surface area contributed by atoms with Crippen molar-refractivity contribution in [2.45, 2.75) is 6.54 Å². The van der Waals surface area contributed by atoms with Crippen molar-refractivity contribution in [3.05, 3.63) is 58.1 Å². The molecule has 0 aliphatic rings. The van der Waals surface area contributed by atoms with E-state index >= 15 is 0 Å². The Kier molecular flexibility index (Phi) is 7.28. The van der Waals surface area contributed by atoms with Gasteiger partial charge < -0.3 is 19.6 Å². The molecule has 7 heteroatoms. The van der Waals surface area contributed by atoms with E-state index in [-0.39, 0.29) is 12.5 Å². The molecule has 0 saturated heterocycles. The summed E-state index contributed by atoms with van der Waals surface area (Å²) in [6, 6.07) is 13.0. The third-order valence-electron chi connectivity index (χ3n) is 3.30. The van der Waals surface area contributed by atoms with Crippen LogP contribution in [0.5, 0.6) is 11.5 Å². The van der Waals surface area contributed by atoms with Crippen LogP contribution in [-0.4, -0.2) is 32.9 Å². The van der Waals surface area contributed by atoms with E-state index in [2.05, 4.69) is 26.4 Å². The van der Waals surface area contributed by atoms with Crippen molar-refractivity contribution in [2.24, 2.45) is 5.16 Å². The van der Waals surface area contributed by atoms with Crippen molar-refractivity contribution in [2.75, 3.05) is 20.8 Å². The highest BCUT2D eigenvalue weighted by atomic mass is 79.9. The molecule has 0 radical (unpaired) electrons. The molecular formula is C18H19BrN2O4. The van der Waals surface area contributed by atoms with Crippen molar-refractivity contribution >= 4 is 28.1 Å². The van der Waals surface area contributed by atoms with E-state index in [1.54, 1.807) is 26.5 Å². The van der Waals surface area contributed by atoms with Crippen molar-refractivity contribution in [1.29, 1.82) is 0 Å². The number of benzene rings is 2. The summed E-state index contributed by atoms with van der Waals surface area (Å²) >= 11 is 3.40. The molecular weight excluding hydrogens is 388 g/mol. The van der Waals surface area contributed by atoms with Crippen LogP contribution >= 0.6 is 15.9 Å². The second-order valence-electron chi connectivity index (χ2n) is 5.00. The Morgan fingerprint density at radius 3 is 2.64 bits per heavy atom. The number of carbonyl (C=O) groups is 1. The molecule has 2 aromatic rings. The van der Waals surface area contributed by atoms with Crippen LogP contribution in [0.1, 0.15) is 11.1 Å². The van der Waals surface area contributed by atoms with E-state index in [4.69, 9.17) is 14.3 Å². The topological polar surface area (TPSA) is 69.2 Å². The first-order valence-corrected chi connectivity index (χ1v) is 8.31. The van der Waals surface area contributed by atoms with E-state index in [9.17, 15) is 4.79 Å². The Morgan fingerprint density at radius 1 is 1.16 bits per heavy atom. The summed E-state index contributed by atoms with van der Waals surface area (Å²) in [6.45, 7) is 0.199. The molecule has 1 N–H and O–H groups in total. The Hall–Kier alpha value is -2.54. The summed E-state index contributed by atoms with van der Waals surface area (Å²) in [5.41, 5.74) is 1.76. The zero-order valence-electron chi connectivity index (χ0n) is 14.0. The average Bonchev–Trinajstić information content (AvgIpc) is 2.64. The molecule has 0 heterocycles. The molecule has 2 aromatic carbocycles. The SMILES string of the molecule is COc1ccc(CNC(=O)CO/N=C\c2ccccc2Br)cc1OC. The van der Waals surface area contributed by atoms with E-state index in [1.807, 2.05) is 36.4 Å². The van der Waals surface area contributed by atoms with Gasteiger partial charge in [-0.25, -0.2) is 0 Å². The largest absolute Gasteiger partial charge is 0.493 e. The molecule has 2 rings (SSSR count). The normalized spacial score (nSPS) is 10.5. The number of amides is 1. The van der Waals surface area contributed by atoms with Crippen molar-refractivity contribution in [3.63, 3.8) is 0 Å². The molecule has 0 spiro atoms. The second-order valence-corrected chi connectivity index (χ2v) is 5.85. The first-order chi connectivity index (χ1) is 12.1. The Morgan fingerprint density at radius 2 is 1.92 bits per heavy atom. The van der Waals surface area contributed by atoms with Gasteiger partial charge in [-0.1, -0.05) is 45.4 Å². The molecule has 0 aromatic heterocycles. The minimum atomic E-state index is -0.265. The highest BCUT2D eigenvalue weighted by Crippen LogP contribution is 2.27. The van der Waals surface area contributed by atoms with Gasteiger partial charge in [0.1, 0.15) is 0 Å². The number of hydrogen-bond acceptors (Lipinski definition) is 5. The standard InChI is InChI=1S/C18H19BrN2O4/c1-23-16-8-7-13(9-17(16)24-2)10-20-18(22)12-25-21-11-14-5-3-4-6-15(14)19/h3-9,11H,10,12H2,1-2H3,(H,20,22)/b21-11-. The number of rotatable bonds is 8. The minimum absolute atomic E-state index is 0.158. The van der Waals surface area contributed by atoms with Gasteiger partial charge >= 0.3 is 0 Å². The number of halogens is 1. The number of nitrogens with one attached hydrogen (secondary N) is 1. The number of ether oxygens (including phenoxy) is 2. The van der Waals surface area contributed by atoms with Crippen molar-refractivity contribution in [1.82, 2.24) is 5.32 Å². The van der Waals surface area contributed by atoms with Crippen LogP contribution in [0.2, 0.25) is 0 Å². The second kappa shape index (κ2) is 9.68. The van der Waals surface area contributed by atoms with Crippen molar-refractivity contribution in [3.8, 4) is 11.5 Å². The van der Waals surface area contributed by atoms with Gasteiger partial charge in [0.2, 0.25) is 0 Å². The zero-order valence-corrected chi connectivity index (χ0v) is 15.6. The first kappa shape index (κ1) is 18.8. The summed E-state index contributed by atoms with van der Waals surface area (Å²) in [7, 11) is 3.14. The lowest BCUT2D eigenvalue weighted by Crippen LogP contribution is -2.26. The molecule has 6 nitrogen and oxygen atoms in total. The molecule has 0 unspecified atom stereocenters. The molecule has 1 amide bonds. The quantitative estimate of drug-likeness (QED) is 0.539. The molecule has 25 heavy (non-hydrogen) atoms. The Balaban J connectivity index is 1.78. The van der Waals surface area contributed by atoms with Gasteiger partial charge in [-0.15, -0.1) is 0 Å². The highest BCUT2D eigenvalue weighted by molar-refractivity contribution is 9.10. The van der Waals surface area contributed by atoms with Crippen LogP contribution in [0.4, 0.5) is 0 Å². The van der Waals surface area contributed by atoms with Crippen LogP contribution in [-0.2, 0) is 16.2 Å². The average molecular weight is 407 g/mol. The predicted octanol–water partition coefficient (Wildman–Crippen LogP) is 3.13. The fourth-order valence-corrected chi connectivity index (χ4v) is 2.40. The van der Waals surface area contributed by atoms with Gasteiger partial charge in [-0.3, -0.25) is 4.79 Å². The summed E-state index contributed by atoms with van der Waals surface area (Å²) in [5.74, 6) is 0.991. The summed E-state index contributed by atoms with van der Waals surface area (Å²) in [6.07, 6.45) is 1.55. The van der Waals surface area contributed by atoms with Crippen LogP contribution in [0.25, 0.3) is 0 Å². The molecule has 0 aliphatic heterocycles. The van der Waals surface area contributed by atoms with E-state index < -0.39 is 0 Å². The molecule has 0 atom stereocenters. The van der Waals surface area contributed by atoms with Gasteiger partial charge in [0, 0.05) is 16.6 Å². The number of nitrogens with zero attached hydrogens (tertiary/aromatic N) is 1. The van der Waals surface area contributed by atoms with Crippen LogP contribution in [0.15, 0.2) is 52.1 Å². The van der Waals surface area contributed by atoms with Gasteiger partial charge in [0.15, 0.2) is 18.1 Å². The fourth-order valence-electron chi connectivity index (χ4n) is 2.01. The monoisotopic (exact) mass is 406 g/mol. The molecule has 0 aliphatic carbocycles. The minimum Gasteiger partial charge on any atom is -0.493 e. The van der Waals surface area contributed by atoms with E-state index in [0.717, 1.165) is 15.6 Å². The summed E-state index contributed by atoms with van der Waals surface area (Å²) in [5, 5.41) is 6.55. The summed E-state index contributed by atoms with van der Waals surface area (Å²) in [4.78, 5) is 16.8. The summed E-state index contributed by atoms with van der Waals surface area (Å²) < 4.78 is 11.3. The van der Waals surface area contributed by atoms with Gasteiger partial charge in [-0.2, -0.15) is 0 Å². The third kappa shape index (κ3) is 5.79. The maximum absolute atomic E-state index is 11.8. The van der Waals surface area contributed by atoms with Crippen LogP contribution in [0.3, 0.4) is 0 Å². The lowest BCUT2D eigenvalue weighted by molar-refractivity contribution is -0.125. The number of hydrogen-bond donors (Lipinski definition) is 1. The Bertz CT molecular complexity index is 750.